The summed E-state index contributed by atoms with van der Waals surface area (Å²) < 4.78 is 37.8. The Bertz CT molecular complexity index is 1170. The first kappa shape index (κ1) is 21.5. The zero-order valence-corrected chi connectivity index (χ0v) is 18.3. The molecule has 0 spiro atoms. The Balaban J connectivity index is 1.43. The Labute approximate surface area is 181 Å². The molecule has 31 heavy (non-hydrogen) atoms. The van der Waals surface area contributed by atoms with Crippen molar-refractivity contribution in [2.75, 3.05) is 25.4 Å². The lowest BCUT2D eigenvalue weighted by Gasteiger charge is -2.34. The average Bonchev–Trinajstić information content (AvgIpc) is 3.17. The van der Waals surface area contributed by atoms with Crippen molar-refractivity contribution in [2.45, 2.75) is 26.1 Å². The fourth-order valence-corrected chi connectivity index (χ4v) is 5.26. The molecule has 0 saturated carbocycles. The van der Waals surface area contributed by atoms with Gasteiger partial charge >= 0.3 is 0 Å². The Morgan fingerprint density at radius 2 is 1.84 bits per heavy atom. The molecule has 1 aromatic heterocycles. The van der Waals surface area contributed by atoms with Gasteiger partial charge in [-0.05, 0) is 32.0 Å². The monoisotopic (exact) mass is 443 g/mol. The van der Waals surface area contributed by atoms with Crippen LogP contribution in [0.2, 0.25) is 0 Å². The highest BCUT2D eigenvalue weighted by Crippen LogP contribution is 2.29. The fraction of sp³-hybridized carbons (Fsp3) is 0.364. The van der Waals surface area contributed by atoms with Crippen LogP contribution in [0.4, 0.5) is 0 Å². The van der Waals surface area contributed by atoms with Crippen LogP contribution in [0.15, 0.2) is 53.1 Å². The Morgan fingerprint density at radius 3 is 2.55 bits per heavy atom. The molecular weight excluding hydrogens is 418 g/mol. The van der Waals surface area contributed by atoms with Gasteiger partial charge in [0.1, 0.15) is 5.52 Å². The minimum absolute atomic E-state index is 0.0223. The van der Waals surface area contributed by atoms with Crippen LogP contribution < -0.4 is 5.32 Å². The van der Waals surface area contributed by atoms with E-state index in [1.807, 2.05) is 44.2 Å². The van der Waals surface area contributed by atoms with E-state index in [-0.39, 0.29) is 30.4 Å². The maximum atomic E-state index is 12.6. The molecule has 2 unspecified atom stereocenters. The van der Waals surface area contributed by atoms with Gasteiger partial charge in [-0.15, -0.1) is 0 Å². The molecule has 2 aromatic carbocycles. The second kappa shape index (κ2) is 8.78. The number of ether oxygens (including phenoxy) is 1. The van der Waals surface area contributed by atoms with Crippen LogP contribution in [0.1, 0.15) is 24.2 Å². The van der Waals surface area contributed by atoms with Crippen LogP contribution in [0.25, 0.3) is 22.2 Å². The van der Waals surface area contributed by atoms with Gasteiger partial charge < -0.3 is 14.6 Å². The number of benzene rings is 2. The molecule has 9 heteroatoms. The summed E-state index contributed by atoms with van der Waals surface area (Å²) in [7, 11) is -3.48. The van der Waals surface area contributed by atoms with Crippen molar-refractivity contribution in [1.29, 1.82) is 0 Å². The van der Waals surface area contributed by atoms with Crippen LogP contribution in [-0.2, 0) is 14.8 Å². The number of sulfonamides is 1. The molecule has 1 saturated heterocycles. The summed E-state index contributed by atoms with van der Waals surface area (Å²) in [6.45, 7) is 4.38. The summed E-state index contributed by atoms with van der Waals surface area (Å²) in [5.74, 6) is 0.0765. The SMILES string of the molecule is CC1CN(S(=O)(=O)CCNC(=O)c2ccc3noc(-c4ccccc4)c3c2)CC(C)O1. The van der Waals surface area contributed by atoms with Crippen LogP contribution in [0.5, 0.6) is 0 Å². The largest absolute Gasteiger partial charge is 0.373 e. The molecule has 1 N–H and O–H groups in total. The highest BCUT2D eigenvalue weighted by Gasteiger charge is 2.30. The number of amides is 1. The van der Waals surface area contributed by atoms with Crippen molar-refractivity contribution >= 4 is 26.8 Å². The lowest BCUT2D eigenvalue weighted by atomic mass is 10.1. The van der Waals surface area contributed by atoms with Crippen molar-refractivity contribution in [3.05, 3.63) is 54.1 Å². The molecular formula is C22H25N3O5S. The van der Waals surface area contributed by atoms with Crippen LogP contribution in [0.3, 0.4) is 0 Å². The summed E-state index contributed by atoms with van der Waals surface area (Å²) in [6.07, 6.45) is -0.301. The first-order valence-electron chi connectivity index (χ1n) is 10.2. The number of rotatable bonds is 6. The molecule has 4 rings (SSSR count). The third kappa shape index (κ3) is 4.79. The van der Waals surface area contributed by atoms with E-state index in [0.29, 0.717) is 29.9 Å². The predicted octanol–water partition coefficient (Wildman–Crippen LogP) is 2.66. The van der Waals surface area contributed by atoms with Gasteiger partial charge in [0, 0.05) is 30.8 Å². The van der Waals surface area contributed by atoms with E-state index >= 15 is 0 Å². The molecule has 0 aliphatic carbocycles. The first-order valence-corrected chi connectivity index (χ1v) is 11.8. The normalized spacial score (nSPS) is 20.1. The summed E-state index contributed by atoms with van der Waals surface area (Å²) in [5, 5.41) is 7.48. The van der Waals surface area contributed by atoms with Crippen molar-refractivity contribution in [3.63, 3.8) is 0 Å². The minimum Gasteiger partial charge on any atom is -0.373 e. The highest BCUT2D eigenvalue weighted by atomic mass is 32.2. The number of morpholine rings is 1. The minimum atomic E-state index is -3.48. The quantitative estimate of drug-likeness (QED) is 0.629. The van der Waals surface area contributed by atoms with Crippen LogP contribution >= 0.6 is 0 Å². The van der Waals surface area contributed by atoms with Gasteiger partial charge in [-0.2, -0.15) is 4.31 Å². The number of hydrogen-bond acceptors (Lipinski definition) is 6. The number of hydrogen-bond donors (Lipinski definition) is 1. The molecule has 3 aromatic rings. The summed E-state index contributed by atoms with van der Waals surface area (Å²) >= 11 is 0. The first-order chi connectivity index (χ1) is 14.8. The van der Waals surface area contributed by atoms with Crippen molar-refractivity contribution in [3.8, 4) is 11.3 Å². The number of fused-ring (bicyclic) bond motifs is 1. The van der Waals surface area contributed by atoms with E-state index in [0.717, 1.165) is 10.9 Å². The van der Waals surface area contributed by atoms with Gasteiger partial charge in [-0.25, -0.2) is 8.42 Å². The van der Waals surface area contributed by atoms with Crippen molar-refractivity contribution < 1.29 is 22.5 Å². The summed E-state index contributed by atoms with van der Waals surface area (Å²) in [6, 6.07) is 14.6. The zero-order chi connectivity index (χ0) is 22.0. The molecule has 2 atom stereocenters. The number of carbonyl (C=O) groups excluding carboxylic acids is 1. The fourth-order valence-electron chi connectivity index (χ4n) is 3.76. The highest BCUT2D eigenvalue weighted by molar-refractivity contribution is 7.89. The number of carbonyl (C=O) groups is 1. The van der Waals surface area contributed by atoms with Gasteiger partial charge in [0.15, 0.2) is 5.76 Å². The second-order valence-electron chi connectivity index (χ2n) is 7.76. The molecule has 0 bridgehead atoms. The Hall–Kier alpha value is -2.75. The Morgan fingerprint density at radius 1 is 1.13 bits per heavy atom. The number of nitrogens with zero attached hydrogens (tertiary/aromatic N) is 2. The van der Waals surface area contributed by atoms with Gasteiger partial charge in [-0.3, -0.25) is 4.79 Å². The summed E-state index contributed by atoms with van der Waals surface area (Å²) in [5.41, 5.74) is 1.93. The topological polar surface area (TPSA) is 102 Å². The smallest absolute Gasteiger partial charge is 0.251 e. The molecule has 1 aliphatic heterocycles. The van der Waals surface area contributed by atoms with E-state index in [1.165, 1.54) is 4.31 Å². The molecule has 2 heterocycles. The molecule has 8 nitrogen and oxygen atoms in total. The molecule has 164 valence electrons. The standard InChI is InChI=1S/C22H25N3O5S/c1-15-13-25(14-16(2)29-15)31(27,28)11-10-23-22(26)18-8-9-20-19(12-18)21(30-24-20)17-6-4-3-5-7-17/h3-9,12,15-16H,10-11,13-14H2,1-2H3,(H,23,26). The van der Waals surface area contributed by atoms with E-state index in [2.05, 4.69) is 10.5 Å². The zero-order valence-electron chi connectivity index (χ0n) is 17.4. The van der Waals surface area contributed by atoms with Gasteiger partial charge in [0.2, 0.25) is 10.0 Å². The Kier molecular flexibility index (Phi) is 6.08. The van der Waals surface area contributed by atoms with Gasteiger partial charge in [-0.1, -0.05) is 35.5 Å². The molecule has 1 aliphatic rings. The van der Waals surface area contributed by atoms with Crippen molar-refractivity contribution in [1.82, 2.24) is 14.8 Å². The van der Waals surface area contributed by atoms with E-state index < -0.39 is 10.0 Å². The third-order valence-electron chi connectivity index (χ3n) is 5.20. The van der Waals surface area contributed by atoms with Crippen LogP contribution in [-0.4, -0.2) is 61.4 Å². The number of nitrogens with one attached hydrogen (secondary N) is 1. The lowest BCUT2D eigenvalue weighted by Crippen LogP contribution is -2.49. The maximum absolute atomic E-state index is 12.6. The summed E-state index contributed by atoms with van der Waals surface area (Å²) in [4.78, 5) is 12.6. The third-order valence-corrected chi connectivity index (χ3v) is 7.00. The predicted molar refractivity (Wildman–Crippen MR) is 117 cm³/mol. The lowest BCUT2D eigenvalue weighted by molar-refractivity contribution is -0.0440. The average molecular weight is 444 g/mol. The van der Waals surface area contributed by atoms with E-state index in [9.17, 15) is 13.2 Å². The molecule has 1 amide bonds. The maximum Gasteiger partial charge on any atom is 0.251 e. The van der Waals surface area contributed by atoms with Crippen LogP contribution in [0, 0.1) is 0 Å². The van der Waals surface area contributed by atoms with Gasteiger partial charge in [0.05, 0.1) is 23.3 Å². The van der Waals surface area contributed by atoms with E-state index in [4.69, 9.17) is 9.26 Å². The van der Waals surface area contributed by atoms with Gasteiger partial charge in [0.25, 0.3) is 5.91 Å². The second-order valence-corrected chi connectivity index (χ2v) is 9.84. The van der Waals surface area contributed by atoms with Crippen molar-refractivity contribution in [2.24, 2.45) is 0 Å². The molecule has 0 radical (unpaired) electrons. The molecule has 1 fully saturated rings. The number of aromatic nitrogens is 1. The van der Waals surface area contributed by atoms with E-state index in [1.54, 1.807) is 18.2 Å².